The number of aromatic nitrogens is 2. The lowest BCUT2D eigenvalue weighted by Gasteiger charge is -2.00. The van der Waals surface area contributed by atoms with Crippen molar-refractivity contribution in [2.45, 2.75) is 13.1 Å². The second kappa shape index (κ2) is 4.33. The van der Waals surface area contributed by atoms with E-state index in [4.69, 9.17) is 4.74 Å². The van der Waals surface area contributed by atoms with Gasteiger partial charge in [-0.3, -0.25) is 0 Å². The van der Waals surface area contributed by atoms with Crippen molar-refractivity contribution in [3.05, 3.63) is 34.8 Å². The maximum atomic E-state index is 12.2. The first-order valence-corrected chi connectivity index (χ1v) is 5.42. The largest absolute Gasteiger partial charge is 0.445 e. The zero-order valence-electron chi connectivity index (χ0n) is 8.65. The second-order valence-electron chi connectivity index (χ2n) is 3.29. The average molecular weight is 260 g/mol. The van der Waals surface area contributed by atoms with Crippen LogP contribution in [0.2, 0.25) is 0 Å². The van der Waals surface area contributed by atoms with Crippen LogP contribution < -0.4 is 4.74 Å². The minimum absolute atomic E-state index is 0.124. The Labute approximate surface area is 98.9 Å². The molecule has 0 fully saturated rings. The van der Waals surface area contributed by atoms with Gasteiger partial charge in [0.05, 0.1) is 0 Å². The molecule has 0 aliphatic heterocycles. The van der Waals surface area contributed by atoms with E-state index < -0.39 is 11.2 Å². The molecule has 0 bridgehead atoms. The lowest BCUT2D eigenvalue weighted by Crippen LogP contribution is -2.03. The Morgan fingerprint density at radius 2 is 1.76 bits per heavy atom. The number of benzene rings is 1. The summed E-state index contributed by atoms with van der Waals surface area (Å²) in [6, 6.07) is 6.90. The summed E-state index contributed by atoms with van der Waals surface area (Å²) in [6.07, 6.45) is -4.48. The molecular formula is C10H7F3N2OS. The van der Waals surface area contributed by atoms with Crippen LogP contribution in [0.4, 0.5) is 13.2 Å². The fourth-order valence-electron chi connectivity index (χ4n) is 1.07. The molecule has 0 aliphatic rings. The zero-order chi connectivity index (χ0) is 12.5. The van der Waals surface area contributed by atoms with E-state index in [1.54, 1.807) is 24.3 Å². The molecule has 7 heteroatoms. The van der Waals surface area contributed by atoms with Crippen LogP contribution in [-0.4, -0.2) is 10.2 Å². The zero-order valence-corrected chi connectivity index (χ0v) is 9.47. The van der Waals surface area contributed by atoms with Gasteiger partial charge < -0.3 is 4.74 Å². The Morgan fingerprint density at radius 3 is 2.29 bits per heavy atom. The van der Waals surface area contributed by atoms with Crippen molar-refractivity contribution in [3.8, 4) is 10.9 Å². The molecule has 1 aromatic heterocycles. The van der Waals surface area contributed by atoms with Crippen molar-refractivity contribution in [2.24, 2.45) is 0 Å². The van der Waals surface area contributed by atoms with Gasteiger partial charge in [-0.15, -0.1) is 5.10 Å². The maximum absolute atomic E-state index is 12.2. The van der Waals surface area contributed by atoms with Gasteiger partial charge in [-0.05, 0) is 19.1 Å². The molecule has 0 spiro atoms. The number of rotatable bonds is 2. The highest BCUT2D eigenvalue weighted by atomic mass is 32.1. The molecule has 0 aliphatic carbocycles. The molecule has 90 valence electrons. The average Bonchev–Trinajstić information content (AvgIpc) is 2.69. The van der Waals surface area contributed by atoms with Gasteiger partial charge in [0.2, 0.25) is 5.01 Å². The molecular weight excluding hydrogens is 253 g/mol. The predicted molar refractivity (Wildman–Crippen MR) is 56.2 cm³/mol. The molecule has 0 atom stereocenters. The minimum atomic E-state index is -4.48. The molecule has 1 heterocycles. The SMILES string of the molecule is Cc1ccc(Oc2nnc(C(F)(F)F)s2)cc1. The molecule has 0 radical (unpaired) electrons. The number of ether oxygens (including phenoxy) is 1. The Bertz CT molecular complexity index is 507. The van der Waals surface area contributed by atoms with Gasteiger partial charge in [0, 0.05) is 0 Å². The standard InChI is InChI=1S/C10H7F3N2OS/c1-6-2-4-7(5-3-6)16-9-15-14-8(17-9)10(11,12)13/h2-5H,1H3. The van der Waals surface area contributed by atoms with Gasteiger partial charge in [0.25, 0.3) is 5.19 Å². The second-order valence-corrected chi connectivity index (χ2v) is 4.23. The Hall–Kier alpha value is -1.63. The van der Waals surface area contributed by atoms with E-state index >= 15 is 0 Å². The first kappa shape index (κ1) is 11.8. The monoisotopic (exact) mass is 260 g/mol. The fourth-order valence-corrected chi connectivity index (χ4v) is 1.66. The van der Waals surface area contributed by atoms with Gasteiger partial charge in [-0.2, -0.15) is 13.2 Å². The van der Waals surface area contributed by atoms with Gasteiger partial charge >= 0.3 is 6.18 Å². The van der Waals surface area contributed by atoms with Crippen molar-refractivity contribution >= 4 is 11.3 Å². The van der Waals surface area contributed by atoms with E-state index in [2.05, 4.69) is 10.2 Å². The van der Waals surface area contributed by atoms with Crippen LogP contribution >= 0.6 is 11.3 Å². The van der Waals surface area contributed by atoms with E-state index in [1.165, 1.54) is 0 Å². The molecule has 17 heavy (non-hydrogen) atoms. The van der Waals surface area contributed by atoms with Crippen LogP contribution in [0.25, 0.3) is 0 Å². The topological polar surface area (TPSA) is 35.0 Å². The lowest BCUT2D eigenvalue weighted by molar-refractivity contribution is -0.138. The smallest absolute Gasteiger partial charge is 0.430 e. The predicted octanol–water partition coefficient (Wildman–Crippen LogP) is 3.66. The first-order valence-electron chi connectivity index (χ1n) is 4.60. The minimum Gasteiger partial charge on any atom is -0.430 e. The van der Waals surface area contributed by atoms with Crippen LogP contribution in [0.5, 0.6) is 10.9 Å². The Kier molecular flexibility index (Phi) is 3.01. The summed E-state index contributed by atoms with van der Waals surface area (Å²) < 4.78 is 41.9. The van der Waals surface area contributed by atoms with E-state index in [0.29, 0.717) is 17.1 Å². The highest BCUT2D eigenvalue weighted by molar-refractivity contribution is 7.13. The number of halogens is 3. The first-order chi connectivity index (χ1) is 7.95. The fraction of sp³-hybridized carbons (Fsp3) is 0.200. The number of hydrogen-bond donors (Lipinski definition) is 0. The summed E-state index contributed by atoms with van der Waals surface area (Å²) >= 11 is 0.369. The quantitative estimate of drug-likeness (QED) is 0.826. The molecule has 2 rings (SSSR count). The summed E-state index contributed by atoms with van der Waals surface area (Å²) in [4.78, 5) is 0. The van der Waals surface area contributed by atoms with Crippen LogP contribution in [0, 0.1) is 6.92 Å². The number of nitrogens with zero attached hydrogens (tertiary/aromatic N) is 2. The van der Waals surface area contributed by atoms with E-state index in [-0.39, 0.29) is 5.19 Å². The molecule has 0 unspecified atom stereocenters. The third-order valence-corrected chi connectivity index (χ3v) is 2.72. The molecule has 2 aromatic rings. The summed E-state index contributed by atoms with van der Waals surface area (Å²) in [5, 5.41) is 5.21. The normalized spacial score (nSPS) is 11.5. The molecule has 1 aromatic carbocycles. The highest BCUT2D eigenvalue weighted by Gasteiger charge is 2.36. The van der Waals surface area contributed by atoms with Gasteiger partial charge in [0.15, 0.2) is 0 Å². The summed E-state index contributed by atoms with van der Waals surface area (Å²) in [7, 11) is 0. The summed E-state index contributed by atoms with van der Waals surface area (Å²) in [6.45, 7) is 1.90. The highest BCUT2D eigenvalue weighted by Crippen LogP contribution is 2.35. The van der Waals surface area contributed by atoms with E-state index in [9.17, 15) is 13.2 Å². The maximum Gasteiger partial charge on any atom is 0.445 e. The van der Waals surface area contributed by atoms with Crippen molar-refractivity contribution in [1.82, 2.24) is 10.2 Å². The van der Waals surface area contributed by atoms with E-state index in [0.717, 1.165) is 5.56 Å². The van der Waals surface area contributed by atoms with Gasteiger partial charge in [0.1, 0.15) is 5.75 Å². The Morgan fingerprint density at radius 1 is 1.12 bits per heavy atom. The molecule has 3 nitrogen and oxygen atoms in total. The van der Waals surface area contributed by atoms with Crippen molar-refractivity contribution in [1.29, 1.82) is 0 Å². The number of hydrogen-bond acceptors (Lipinski definition) is 4. The third kappa shape index (κ3) is 2.94. The van der Waals surface area contributed by atoms with Crippen LogP contribution in [-0.2, 0) is 6.18 Å². The summed E-state index contributed by atoms with van der Waals surface area (Å²) in [5.74, 6) is 0.431. The lowest BCUT2D eigenvalue weighted by atomic mass is 10.2. The van der Waals surface area contributed by atoms with Crippen LogP contribution in [0.3, 0.4) is 0 Å². The summed E-state index contributed by atoms with van der Waals surface area (Å²) in [5.41, 5.74) is 1.03. The van der Waals surface area contributed by atoms with Crippen LogP contribution in [0.1, 0.15) is 10.6 Å². The van der Waals surface area contributed by atoms with Gasteiger partial charge in [-0.1, -0.05) is 34.1 Å². The number of alkyl halides is 3. The molecule has 0 saturated carbocycles. The third-order valence-electron chi connectivity index (χ3n) is 1.88. The molecule has 0 amide bonds. The molecule has 0 N–H and O–H groups in total. The van der Waals surface area contributed by atoms with E-state index in [1.807, 2.05) is 6.92 Å². The Balaban J connectivity index is 2.14. The van der Waals surface area contributed by atoms with Crippen molar-refractivity contribution in [2.75, 3.05) is 0 Å². The number of aryl methyl sites for hydroxylation is 1. The molecule has 0 saturated heterocycles. The van der Waals surface area contributed by atoms with Gasteiger partial charge in [-0.25, -0.2) is 0 Å². The van der Waals surface area contributed by atoms with Crippen LogP contribution in [0.15, 0.2) is 24.3 Å². The van der Waals surface area contributed by atoms with Crippen molar-refractivity contribution < 1.29 is 17.9 Å². The van der Waals surface area contributed by atoms with Crippen molar-refractivity contribution in [3.63, 3.8) is 0 Å².